The summed E-state index contributed by atoms with van der Waals surface area (Å²) in [5.74, 6) is 1.99. The highest BCUT2D eigenvalue weighted by Gasteiger charge is 2.11. The maximum absolute atomic E-state index is 5.73. The van der Waals surface area contributed by atoms with Crippen molar-refractivity contribution in [1.82, 2.24) is 5.16 Å². The van der Waals surface area contributed by atoms with Crippen molar-refractivity contribution in [2.75, 3.05) is 12.3 Å². The van der Waals surface area contributed by atoms with Gasteiger partial charge in [-0.05, 0) is 31.5 Å². The van der Waals surface area contributed by atoms with Gasteiger partial charge in [0.25, 0.3) is 0 Å². The molecular formula is C12H14N2O2. The van der Waals surface area contributed by atoms with Crippen LogP contribution in [0.2, 0.25) is 0 Å². The topological polar surface area (TPSA) is 61.3 Å². The van der Waals surface area contributed by atoms with Crippen molar-refractivity contribution in [3.8, 4) is 16.9 Å². The van der Waals surface area contributed by atoms with E-state index in [2.05, 4.69) is 5.16 Å². The predicted molar refractivity (Wildman–Crippen MR) is 62.3 cm³/mol. The third-order valence-electron chi connectivity index (χ3n) is 2.34. The van der Waals surface area contributed by atoms with Crippen molar-refractivity contribution in [3.63, 3.8) is 0 Å². The molecule has 1 aromatic heterocycles. The maximum atomic E-state index is 5.73. The van der Waals surface area contributed by atoms with E-state index < -0.39 is 0 Å². The summed E-state index contributed by atoms with van der Waals surface area (Å²) in [5, 5.41) is 3.72. The summed E-state index contributed by atoms with van der Waals surface area (Å²) < 4.78 is 10.4. The van der Waals surface area contributed by atoms with Gasteiger partial charge in [0, 0.05) is 0 Å². The number of benzene rings is 1. The van der Waals surface area contributed by atoms with Gasteiger partial charge in [0.1, 0.15) is 11.5 Å². The first-order valence-electron chi connectivity index (χ1n) is 5.17. The molecule has 1 aromatic carbocycles. The van der Waals surface area contributed by atoms with E-state index >= 15 is 0 Å². The maximum Gasteiger partial charge on any atom is 0.175 e. The van der Waals surface area contributed by atoms with Crippen LogP contribution in [-0.2, 0) is 0 Å². The molecule has 0 atom stereocenters. The van der Waals surface area contributed by atoms with E-state index in [1.807, 2.05) is 38.1 Å². The molecule has 0 spiro atoms. The van der Waals surface area contributed by atoms with Gasteiger partial charge in [0.05, 0.1) is 12.2 Å². The average molecular weight is 218 g/mol. The third-order valence-corrected chi connectivity index (χ3v) is 2.34. The molecule has 16 heavy (non-hydrogen) atoms. The number of hydrogen-bond acceptors (Lipinski definition) is 4. The van der Waals surface area contributed by atoms with Crippen LogP contribution in [0.5, 0.6) is 5.75 Å². The molecule has 2 rings (SSSR count). The fourth-order valence-corrected chi connectivity index (χ4v) is 1.62. The lowest BCUT2D eigenvalue weighted by Crippen LogP contribution is -1.92. The largest absolute Gasteiger partial charge is 0.494 e. The van der Waals surface area contributed by atoms with Crippen LogP contribution in [0.15, 0.2) is 28.8 Å². The quantitative estimate of drug-likeness (QED) is 0.860. The van der Waals surface area contributed by atoms with Gasteiger partial charge in [-0.2, -0.15) is 0 Å². The average Bonchev–Trinajstić information content (AvgIpc) is 2.61. The summed E-state index contributed by atoms with van der Waals surface area (Å²) in [6, 6.07) is 7.71. The highest BCUT2D eigenvalue weighted by Crippen LogP contribution is 2.29. The molecule has 2 N–H and O–H groups in total. The van der Waals surface area contributed by atoms with Gasteiger partial charge in [0.15, 0.2) is 5.82 Å². The number of nitrogens with two attached hydrogens (primary N) is 1. The highest BCUT2D eigenvalue weighted by atomic mass is 16.5. The highest BCUT2D eigenvalue weighted by molar-refractivity contribution is 5.75. The Bertz CT molecular complexity index is 455. The van der Waals surface area contributed by atoms with E-state index in [9.17, 15) is 0 Å². The smallest absolute Gasteiger partial charge is 0.175 e. The van der Waals surface area contributed by atoms with Crippen molar-refractivity contribution >= 4 is 5.82 Å². The molecule has 2 aromatic rings. The zero-order valence-corrected chi connectivity index (χ0v) is 9.36. The fraction of sp³-hybridized carbons (Fsp3) is 0.250. The standard InChI is InChI=1S/C12H14N2O2/c1-3-15-10-6-4-9(5-7-10)11-8(2)16-14-12(11)13/h4-7H,3H2,1-2H3,(H2,13,14). The van der Waals surface area contributed by atoms with E-state index in [0.29, 0.717) is 12.4 Å². The Morgan fingerprint density at radius 3 is 2.50 bits per heavy atom. The van der Waals surface area contributed by atoms with E-state index in [-0.39, 0.29) is 0 Å². The van der Waals surface area contributed by atoms with E-state index in [1.165, 1.54) is 0 Å². The lowest BCUT2D eigenvalue weighted by atomic mass is 10.1. The van der Waals surface area contributed by atoms with Crippen molar-refractivity contribution in [2.24, 2.45) is 0 Å². The third kappa shape index (κ3) is 1.86. The van der Waals surface area contributed by atoms with Crippen molar-refractivity contribution < 1.29 is 9.26 Å². The monoisotopic (exact) mass is 218 g/mol. The van der Waals surface area contributed by atoms with Gasteiger partial charge in [-0.3, -0.25) is 0 Å². The van der Waals surface area contributed by atoms with Gasteiger partial charge in [-0.15, -0.1) is 0 Å². The van der Waals surface area contributed by atoms with E-state index in [4.69, 9.17) is 15.0 Å². The molecule has 4 heteroatoms. The molecule has 1 heterocycles. The number of ether oxygens (including phenoxy) is 1. The summed E-state index contributed by atoms with van der Waals surface area (Å²) in [5.41, 5.74) is 7.57. The minimum atomic E-state index is 0.418. The van der Waals surface area contributed by atoms with Crippen LogP contribution < -0.4 is 10.5 Å². The molecule has 0 saturated heterocycles. The number of rotatable bonds is 3. The number of hydrogen-bond donors (Lipinski definition) is 1. The lowest BCUT2D eigenvalue weighted by molar-refractivity contribution is 0.340. The molecule has 0 fully saturated rings. The van der Waals surface area contributed by atoms with Crippen LogP contribution in [0, 0.1) is 6.92 Å². The minimum absolute atomic E-state index is 0.418. The lowest BCUT2D eigenvalue weighted by Gasteiger charge is -2.04. The number of anilines is 1. The van der Waals surface area contributed by atoms with E-state index in [0.717, 1.165) is 22.6 Å². The molecule has 0 aliphatic rings. The van der Waals surface area contributed by atoms with Crippen molar-refractivity contribution in [2.45, 2.75) is 13.8 Å². The normalized spacial score (nSPS) is 10.4. The zero-order valence-electron chi connectivity index (χ0n) is 9.36. The first-order valence-corrected chi connectivity index (χ1v) is 5.17. The molecule has 0 aliphatic heterocycles. The van der Waals surface area contributed by atoms with Crippen LogP contribution in [0.25, 0.3) is 11.1 Å². The van der Waals surface area contributed by atoms with Gasteiger partial charge < -0.3 is 15.0 Å². The molecule has 0 unspecified atom stereocenters. The molecular weight excluding hydrogens is 204 g/mol. The zero-order chi connectivity index (χ0) is 11.5. The second-order valence-electron chi connectivity index (χ2n) is 3.46. The van der Waals surface area contributed by atoms with Gasteiger partial charge >= 0.3 is 0 Å². The van der Waals surface area contributed by atoms with Crippen LogP contribution >= 0.6 is 0 Å². The summed E-state index contributed by atoms with van der Waals surface area (Å²) in [6.07, 6.45) is 0. The van der Waals surface area contributed by atoms with Crippen LogP contribution in [0.1, 0.15) is 12.7 Å². The summed E-state index contributed by atoms with van der Waals surface area (Å²) in [7, 11) is 0. The first-order chi connectivity index (χ1) is 7.72. The second-order valence-corrected chi connectivity index (χ2v) is 3.46. The number of aryl methyl sites for hydroxylation is 1. The van der Waals surface area contributed by atoms with Crippen LogP contribution in [-0.4, -0.2) is 11.8 Å². The molecule has 4 nitrogen and oxygen atoms in total. The van der Waals surface area contributed by atoms with Crippen molar-refractivity contribution in [3.05, 3.63) is 30.0 Å². The molecule has 0 amide bonds. The first kappa shape index (κ1) is 10.5. The Balaban J connectivity index is 2.35. The Labute approximate surface area is 94.0 Å². The number of aromatic nitrogens is 1. The molecule has 0 bridgehead atoms. The summed E-state index contributed by atoms with van der Waals surface area (Å²) in [6.45, 7) is 4.46. The minimum Gasteiger partial charge on any atom is -0.494 e. The number of nitrogen functional groups attached to an aromatic ring is 1. The van der Waals surface area contributed by atoms with Gasteiger partial charge in [-0.25, -0.2) is 0 Å². The summed E-state index contributed by atoms with van der Waals surface area (Å²) >= 11 is 0. The fourth-order valence-electron chi connectivity index (χ4n) is 1.62. The van der Waals surface area contributed by atoms with Crippen LogP contribution in [0.4, 0.5) is 5.82 Å². The van der Waals surface area contributed by atoms with Gasteiger partial charge in [-0.1, -0.05) is 17.3 Å². The summed E-state index contributed by atoms with van der Waals surface area (Å²) in [4.78, 5) is 0. The predicted octanol–water partition coefficient (Wildman–Crippen LogP) is 2.63. The second kappa shape index (κ2) is 4.26. The van der Waals surface area contributed by atoms with Gasteiger partial charge in [0.2, 0.25) is 0 Å². The molecule has 84 valence electrons. The van der Waals surface area contributed by atoms with Crippen LogP contribution in [0.3, 0.4) is 0 Å². The number of nitrogens with zero attached hydrogens (tertiary/aromatic N) is 1. The Morgan fingerprint density at radius 1 is 1.31 bits per heavy atom. The van der Waals surface area contributed by atoms with Crippen molar-refractivity contribution in [1.29, 1.82) is 0 Å². The SMILES string of the molecule is CCOc1ccc(-c2c(N)noc2C)cc1. The Morgan fingerprint density at radius 2 is 2.00 bits per heavy atom. The molecule has 0 aliphatic carbocycles. The molecule has 0 saturated carbocycles. The Kier molecular flexibility index (Phi) is 2.81. The Hall–Kier alpha value is -1.97. The molecule has 0 radical (unpaired) electrons. The van der Waals surface area contributed by atoms with E-state index in [1.54, 1.807) is 0 Å².